The summed E-state index contributed by atoms with van der Waals surface area (Å²) >= 11 is 0. The molecule has 0 unspecified atom stereocenters. The zero-order valence-corrected chi connectivity index (χ0v) is 17.8. The molecule has 0 atom stereocenters. The van der Waals surface area contributed by atoms with Crippen molar-refractivity contribution in [2.45, 2.75) is 19.2 Å². The molecule has 4 aromatic rings. The highest BCUT2D eigenvalue weighted by Gasteiger charge is 2.41. The number of anilines is 1. The van der Waals surface area contributed by atoms with E-state index in [4.69, 9.17) is 0 Å². The minimum Gasteiger partial charge on any atom is -0.435 e. The first-order valence-corrected chi connectivity index (χ1v) is 10.2. The first-order valence-electron chi connectivity index (χ1n) is 10.2. The predicted octanol–water partition coefficient (Wildman–Crippen LogP) is 5.73. The summed E-state index contributed by atoms with van der Waals surface area (Å²) in [7, 11) is 0. The smallest absolute Gasteiger partial charge is 0.434 e. The fourth-order valence-electron chi connectivity index (χ4n) is 3.46. The quantitative estimate of drug-likeness (QED) is 0.338. The number of nitrogens with one attached hydrogen (secondary N) is 1. The minimum atomic E-state index is -4.91. The van der Waals surface area contributed by atoms with Gasteiger partial charge in [-0.05, 0) is 35.9 Å². The summed E-state index contributed by atoms with van der Waals surface area (Å²) in [6, 6.07) is 17.1. The van der Waals surface area contributed by atoms with Crippen LogP contribution in [0.1, 0.15) is 27.2 Å². The first kappa shape index (κ1) is 23.9. The van der Waals surface area contributed by atoms with Gasteiger partial charge in [-0.1, -0.05) is 36.4 Å². The molecule has 35 heavy (non-hydrogen) atoms. The highest BCUT2D eigenvalue weighted by atomic mass is 19.4. The Bertz CT molecular complexity index is 1310. The lowest BCUT2D eigenvalue weighted by atomic mass is 10.0. The van der Waals surface area contributed by atoms with Crippen LogP contribution in [0.2, 0.25) is 0 Å². The Morgan fingerprint density at radius 1 is 1.03 bits per heavy atom. The van der Waals surface area contributed by atoms with Gasteiger partial charge in [0, 0.05) is 23.9 Å². The number of aromatic nitrogens is 3. The molecule has 0 saturated heterocycles. The number of carbonyl (C=O) groups excluding carboxylic acids is 1. The van der Waals surface area contributed by atoms with Crippen molar-refractivity contribution in [3.63, 3.8) is 0 Å². The number of hydrogen-bond acceptors (Lipinski definition) is 4. The summed E-state index contributed by atoms with van der Waals surface area (Å²) in [6.45, 7) is -3.07. The number of rotatable bonds is 7. The number of halogens is 5. The molecular formula is C24H17F5N4O2. The second kappa shape index (κ2) is 9.92. The molecule has 0 spiro atoms. The molecule has 0 bridgehead atoms. The van der Waals surface area contributed by atoms with Crippen LogP contribution in [0, 0.1) is 0 Å². The Morgan fingerprint density at radius 2 is 1.77 bits per heavy atom. The maximum absolute atomic E-state index is 13.9. The molecule has 2 aromatic heterocycles. The highest BCUT2D eigenvalue weighted by molar-refractivity contribution is 6.05. The average Bonchev–Trinajstić information content (AvgIpc) is 3.28. The second-order valence-electron chi connectivity index (χ2n) is 7.32. The second-order valence-corrected chi connectivity index (χ2v) is 7.32. The number of pyridine rings is 1. The number of benzene rings is 2. The van der Waals surface area contributed by atoms with Gasteiger partial charge in [-0.3, -0.25) is 4.79 Å². The van der Waals surface area contributed by atoms with Gasteiger partial charge in [-0.25, -0.2) is 9.67 Å². The van der Waals surface area contributed by atoms with Crippen LogP contribution in [0.15, 0.2) is 79.1 Å². The predicted molar refractivity (Wildman–Crippen MR) is 117 cm³/mol. The Labute approximate surface area is 196 Å². The molecule has 0 radical (unpaired) electrons. The highest BCUT2D eigenvalue weighted by Crippen LogP contribution is 2.34. The third-order valence-electron chi connectivity index (χ3n) is 4.92. The molecule has 0 aliphatic heterocycles. The van der Waals surface area contributed by atoms with E-state index < -0.39 is 30.0 Å². The average molecular weight is 488 g/mol. The molecule has 0 saturated carbocycles. The van der Waals surface area contributed by atoms with E-state index in [1.54, 1.807) is 30.3 Å². The molecule has 2 heterocycles. The van der Waals surface area contributed by atoms with Crippen LogP contribution in [-0.2, 0) is 12.6 Å². The van der Waals surface area contributed by atoms with Crippen LogP contribution in [0.4, 0.5) is 27.6 Å². The minimum absolute atomic E-state index is 0.0984. The van der Waals surface area contributed by atoms with E-state index in [0.717, 1.165) is 11.8 Å². The van der Waals surface area contributed by atoms with E-state index in [1.165, 1.54) is 42.6 Å². The Hall–Kier alpha value is -4.28. The summed E-state index contributed by atoms with van der Waals surface area (Å²) < 4.78 is 72.4. The summed E-state index contributed by atoms with van der Waals surface area (Å²) in [4.78, 5) is 16.7. The summed E-state index contributed by atoms with van der Waals surface area (Å²) in [5.41, 5.74) is -0.821. The van der Waals surface area contributed by atoms with E-state index in [9.17, 15) is 26.7 Å². The van der Waals surface area contributed by atoms with E-state index in [0.29, 0.717) is 10.2 Å². The molecule has 1 N–H and O–H groups in total. The van der Waals surface area contributed by atoms with Gasteiger partial charge in [0.05, 0.1) is 11.8 Å². The maximum atomic E-state index is 13.9. The van der Waals surface area contributed by atoms with Gasteiger partial charge in [0.25, 0.3) is 5.91 Å². The van der Waals surface area contributed by atoms with E-state index >= 15 is 0 Å². The van der Waals surface area contributed by atoms with Crippen molar-refractivity contribution >= 4 is 11.6 Å². The zero-order chi connectivity index (χ0) is 25.0. The van der Waals surface area contributed by atoms with E-state index in [2.05, 4.69) is 20.1 Å². The van der Waals surface area contributed by atoms with Crippen molar-refractivity contribution in [1.29, 1.82) is 0 Å². The first-order chi connectivity index (χ1) is 16.7. The van der Waals surface area contributed by atoms with Gasteiger partial charge >= 0.3 is 12.8 Å². The summed E-state index contributed by atoms with van der Waals surface area (Å²) in [6.07, 6.45) is -2.62. The van der Waals surface area contributed by atoms with Crippen molar-refractivity contribution < 1.29 is 31.5 Å². The van der Waals surface area contributed by atoms with Gasteiger partial charge in [0.15, 0.2) is 11.5 Å². The van der Waals surface area contributed by atoms with Gasteiger partial charge in [-0.2, -0.15) is 27.1 Å². The molecule has 180 valence electrons. The van der Waals surface area contributed by atoms with Crippen LogP contribution in [0.25, 0.3) is 5.82 Å². The number of alkyl halides is 5. The molecule has 2 aromatic carbocycles. The molecule has 6 nitrogen and oxygen atoms in total. The largest absolute Gasteiger partial charge is 0.435 e. The Balaban J connectivity index is 1.66. The summed E-state index contributed by atoms with van der Waals surface area (Å²) in [5, 5.41) is 6.09. The van der Waals surface area contributed by atoms with E-state index in [-0.39, 0.29) is 23.7 Å². The lowest BCUT2D eigenvalue weighted by Gasteiger charge is -2.14. The van der Waals surface area contributed by atoms with Crippen LogP contribution >= 0.6 is 0 Å². The maximum Gasteiger partial charge on any atom is 0.434 e. The Morgan fingerprint density at radius 3 is 2.43 bits per heavy atom. The fourth-order valence-corrected chi connectivity index (χ4v) is 3.46. The molecule has 0 aliphatic rings. The van der Waals surface area contributed by atoms with Crippen molar-refractivity contribution in [2.24, 2.45) is 0 Å². The van der Waals surface area contributed by atoms with Crippen molar-refractivity contribution in [3.8, 4) is 11.6 Å². The molecular weight excluding hydrogens is 471 g/mol. The lowest BCUT2D eigenvalue weighted by molar-refractivity contribution is -0.143. The standard InChI is InChI=1S/C24H17F5N4O2/c25-23(26)35-19-10-9-17(13-16(19)12-15-6-2-1-3-7-15)32-22(34)18-14-31-33(21(18)24(27,28)29)20-8-4-5-11-30-20/h1-11,13-14,23H,12H2,(H,32,34). The third-order valence-corrected chi connectivity index (χ3v) is 4.92. The SMILES string of the molecule is O=C(Nc1ccc(OC(F)F)c(Cc2ccccc2)c1)c1cnn(-c2ccccn2)c1C(F)(F)F. The molecule has 0 fully saturated rings. The number of nitrogens with zero attached hydrogens (tertiary/aromatic N) is 3. The van der Waals surface area contributed by atoms with Gasteiger partial charge in [0.1, 0.15) is 5.75 Å². The van der Waals surface area contributed by atoms with Crippen LogP contribution in [0.3, 0.4) is 0 Å². The number of amides is 1. The normalized spacial score (nSPS) is 11.5. The van der Waals surface area contributed by atoms with E-state index in [1.807, 2.05) is 0 Å². The topological polar surface area (TPSA) is 69.0 Å². The lowest BCUT2D eigenvalue weighted by Crippen LogP contribution is -2.21. The van der Waals surface area contributed by atoms with Gasteiger partial charge in [-0.15, -0.1) is 0 Å². The Kier molecular flexibility index (Phi) is 6.76. The molecule has 1 amide bonds. The van der Waals surface area contributed by atoms with Crippen molar-refractivity contribution in [2.75, 3.05) is 5.32 Å². The van der Waals surface area contributed by atoms with Gasteiger partial charge in [0.2, 0.25) is 0 Å². The molecule has 0 aliphatic carbocycles. The van der Waals surface area contributed by atoms with Crippen molar-refractivity contribution in [3.05, 3.63) is 102 Å². The monoisotopic (exact) mass is 488 g/mol. The van der Waals surface area contributed by atoms with Crippen LogP contribution < -0.4 is 10.1 Å². The zero-order valence-electron chi connectivity index (χ0n) is 17.8. The molecule has 4 rings (SSSR count). The number of hydrogen-bond donors (Lipinski definition) is 1. The summed E-state index contributed by atoms with van der Waals surface area (Å²) in [5.74, 6) is -1.30. The van der Waals surface area contributed by atoms with Crippen molar-refractivity contribution in [1.82, 2.24) is 14.8 Å². The number of carbonyl (C=O) groups is 1. The molecule has 11 heteroatoms. The fraction of sp³-hybridized carbons (Fsp3) is 0.125. The number of ether oxygens (including phenoxy) is 1. The van der Waals surface area contributed by atoms with Crippen LogP contribution in [0.5, 0.6) is 5.75 Å². The van der Waals surface area contributed by atoms with Gasteiger partial charge < -0.3 is 10.1 Å². The third kappa shape index (κ3) is 5.62. The van der Waals surface area contributed by atoms with Crippen LogP contribution in [-0.4, -0.2) is 27.3 Å².